The second-order valence-electron chi connectivity index (χ2n) is 4.99. The molecule has 1 amide bonds. The number of esters is 1. The van der Waals surface area contributed by atoms with Gasteiger partial charge in [0.15, 0.2) is 0 Å². The van der Waals surface area contributed by atoms with Gasteiger partial charge in [-0.25, -0.2) is 28.4 Å². The van der Waals surface area contributed by atoms with E-state index in [0.29, 0.717) is 0 Å². The second-order valence-corrected chi connectivity index (χ2v) is 6.80. The van der Waals surface area contributed by atoms with E-state index in [1.54, 1.807) is 0 Å². The van der Waals surface area contributed by atoms with E-state index in [4.69, 9.17) is 4.74 Å². The van der Waals surface area contributed by atoms with Crippen molar-refractivity contribution in [1.82, 2.24) is 14.4 Å². The Morgan fingerprint density at radius 3 is 2.56 bits per heavy atom. The summed E-state index contributed by atoms with van der Waals surface area (Å²) in [5, 5.41) is 9.31. The van der Waals surface area contributed by atoms with Gasteiger partial charge in [0, 0.05) is 12.3 Å². The molecular weight excluding hydrogens is 380 g/mol. The monoisotopic (exact) mass is 396 g/mol. The zero-order valence-electron chi connectivity index (χ0n) is 14.3. The summed E-state index contributed by atoms with van der Waals surface area (Å²) in [5.74, 6) is -1.72. The van der Waals surface area contributed by atoms with Crippen LogP contribution in [0.5, 0.6) is 5.88 Å². The lowest BCUT2D eigenvalue weighted by molar-refractivity contribution is 0.0600. The van der Waals surface area contributed by atoms with E-state index < -0.39 is 27.8 Å². The first-order valence-electron chi connectivity index (χ1n) is 7.34. The van der Waals surface area contributed by atoms with E-state index in [9.17, 15) is 23.1 Å². The van der Waals surface area contributed by atoms with Crippen LogP contribution in [0, 0.1) is 0 Å². The lowest BCUT2D eigenvalue weighted by Crippen LogP contribution is -2.41. The van der Waals surface area contributed by atoms with E-state index in [0.717, 1.165) is 7.11 Å². The van der Waals surface area contributed by atoms with Gasteiger partial charge in [-0.3, -0.25) is 0 Å². The Hall–Kier alpha value is -3.41. The Bertz CT molecular complexity index is 949. The lowest BCUT2D eigenvalue weighted by Gasteiger charge is -2.20. The van der Waals surface area contributed by atoms with E-state index in [1.165, 1.54) is 43.6 Å². The van der Waals surface area contributed by atoms with Crippen molar-refractivity contribution < 1.29 is 32.6 Å². The molecule has 0 atom stereocenters. The molecule has 27 heavy (non-hydrogen) atoms. The van der Waals surface area contributed by atoms with Gasteiger partial charge in [-0.15, -0.1) is 4.41 Å². The molecule has 0 aliphatic carbocycles. The number of rotatable bonds is 7. The molecule has 0 saturated heterocycles. The molecule has 0 aliphatic rings. The molecule has 1 aromatic heterocycles. The fourth-order valence-corrected chi connectivity index (χ4v) is 3.29. The number of carbonyl (C=O) groups is 2. The first-order chi connectivity index (χ1) is 12.8. The van der Waals surface area contributed by atoms with E-state index in [-0.39, 0.29) is 27.4 Å². The molecule has 144 valence electrons. The number of nitrogens with one attached hydrogen (secondary N) is 1. The van der Waals surface area contributed by atoms with Crippen LogP contribution in [0.3, 0.4) is 0 Å². The summed E-state index contributed by atoms with van der Waals surface area (Å²) < 4.78 is 34.7. The highest BCUT2D eigenvalue weighted by Crippen LogP contribution is 2.18. The molecule has 12 heteroatoms. The zero-order chi connectivity index (χ0) is 20.0. The molecular formula is C15H16N4O7S. The third kappa shape index (κ3) is 4.82. The molecule has 2 N–H and O–H groups in total. The molecule has 0 radical (unpaired) electrons. The van der Waals surface area contributed by atoms with Crippen molar-refractivity contribution in [2.45, 2.75) is 5.75 Å². The van der Waals surface area contributed by atoms with Crippen molar-refractivity contribution in [3.63, 3.8) is 0 Å². The smallest absolute Gasteiger partial charge is 0.440 e. The number of anilines is 1. The highest BCUT2D eigenvalue weighted by atomic mass is 32.2. The Kier molecular flexibility index (Phi) is 6.13. The Labute approximate surface area is 154 Å². The predicted octanol–water partition coefficient (Wildman–Crippen LogP) is 1.11. The summed E-state index contributed by atoms with van der Waals surface area (Å²) in [4.78, 5) is 30.8. The summed E-state index contributed by atoms with van der Waals surface area (Å²) in [7, 11) is -1.98. The van der Waals surface area contributed by atoms with Crippen molar-refractivity contribution >= 4 is 28.0 Å². The van der Waals surface area contributed by atoms with Crippen molar-refractivity contribution in [3.05, 3.63) is 47.7 Å². The number of aromatic nitrogens is 2. The predicted molar refractivity (Wildman–Crippen MR) is 92.5 cm³/mol. The van der Waals surface area contributed by atoms with Crippen LogP contribution >= 0.6 is 0 Å². The molecule has 2 rings (SSSR count). The van der Waals surface area contributed by atoms with Gasteiger partial charge in [0.05, 0.1) is 25.5 Å². The lowest BCUT2D eigenvalue weighted by atomic mass is 10.1. The van der Waals surface area contributed by atoms with Crippen LogP contribution in [0.15, 0.2) is 36.5 Å². The Morgan fingerprint density at radius 2 is 1.93 bits per heavy atom. The largest absolute Gasteiger partial charge is 0.481 e. The number of carbonyl (C=O) groups excluding carboxylic acids is 1. The standard InChI is InChI=1S/C15H16N4O7S/c1-25-12-7-8-16-14(17-12)18-19(15(21)22)27(23,24)9-10-5-3-4-6-11(10)13(20)26-2/h3-8H,9H2,1-2H3,(H,21,22)(H,16,17,18). The van der Waals surface area contributed by atoms with E-state index >= 15 is 0 Å². The number of sulfonamides is 1. The number of methoxy groups -OCH3 is 2. The number of hydrazine groups is 1. The Balaban J connectivity index is 2.34. The number of hydrogen-bond acceptors (Lipinski definition) is 9. The van der Waals surface area contributed by atoms with Crippen LogP contribution in [0.2, 0.25) is 0 Å². The maximum atomic E-state index is 12.6. The topological polar surface area (TPSA) is 148 Å². The number of hydrogen-bond donors (Lipinski definition) is 2. The second kappa shape index (κ2) is 8.31. The molecule has 1 aromatic carbocycles. The number of amides is 1. The highest BCUT2D eigenvalue weighted by Gasteiger charge is 2.30. The normalized spacial score (nSPS) is 10.7. The number of benzene rings is 1. The van der Waals surface area contributed by atoms with Crippen molar-refractivity contribution in [3.8, 4) is 5.88 Å². The van der Waals surface area contributed by atoms with Gasteiger partial charge in [0.2, 0.25) is 11.8 Å². The van der Waals surface area contributed by atoms with E-state index in [1.807, 2.05) is 0 Å². The molecule has 1 heterocycles. The van der Waals surface area contributed by atoms with E-state index in [2.05, 4.69) is 20.1 Å². The average Bonchev–Trinajstić information content (AvgIpc) is 2.65. The number of ether oxygens (including phenoxy) is 2. The third-order valence-corrected chi connectivity index (χ3v) is 4.73. The molecule has 0 spiro atoms. The van der Waals surface area contributed by atoms with Gasteiger partial charge in [-0.05, 0) is 11.6 Å². The SMILES string of the molecule is COC(=O)c1ccccc1CS(=O)(=O)N(Nc1nccc(OC)n1)C(=O)O. The molecule has 11 nitrogen and oxygen atoms in total. The summed E-state index contributed by atoms with van der Waals surface area (Å²) in [6, 6.07) is 7.20. The van der Waals surface area contributed by atoms with Crippen LogP contribution in [-0.2, 0) is 20.5 Å². The maximum Gasteiger partial charge on any atom is 0.440 e. The Morgan fingerprint density at radius 1 is 1.22 bits per heavy atom. The minimum atomic E-state index is -4.46. The van der Waals surface area contributed by atoms with Crippen LogP contribution in [0.25, 0.3) is 0 Å². The fourth-order valence-electron chi connectivity index (χ4n) is 2.05. The molecule has 2 aromatic rings. The summed E-state index contributed by atoms with van der Waals surface area (Å²) in [6.07, 6.45) is -0.551. The van der Waals surface area contributed by atoms with Crippen molar-refractivity contribution in [2.75, 3.05) is 19.6 Å². The number of carboxylic acid groups (broad SMARTS) is 1. The van der Waals surface area contributed by atoms with Crippen LogP contribution in [-0.4, -0.2) is 54.2 Å². The van der Waals surface area contributed by atoms with Gasteiger partial charge < -0.3 is 14.6 Å². The summed E-state index contributed by atoms with van der Waals surface area (Å²) in [5.41, 5.74) is 2.18. The van der Waals surface area contributed by atoms with Gasteiger partial charge in [0.25, 0.3) is 10.0 Å². The minimum Gasteiger partial charge on any atom is -0.481 e. The van der Waals surface area contributed by atoms with Gasteiger partial charge in [-0.2, -0.15) is 4.98 Å². The molecule has 0 bridgehead atoms. The first-order valence-corrected chi connectivity index (χ1v) is 8.95. The quantitative estimate of drug-likeness (QED) is 0.515. The first kappa shape index (κ1) is 19.9. The summed E-state index contributed by atoms with van der Waals surface area (Å²) >= 11 is 0. The van der Waals surface area contributed by atoms with Crippen LogP contribution < -0.4 is 10.2 Å². The molecule has 0 saturated carbocycles. The molecule has 0 aliphatic heterocycles. The van der Waals surface area contributed by atoms with Gasteiger partial charge in [-0.1, -0.05) is 18.2 Å². The third-order valence-electron chi connectivity index (χ3n) is 3.25. The van der Waals surface area contributed by atoms with Crippen molar-refractivity contribution in [1.29, 1.82) is 0 Å². The fraction of sp³-hybridized carbons (Fsp3) is 0.200. The minimum absolute atomic E-state index is 0.00606. The number of nitrogens with zero attached hydrogens (tertiary/aromatic N) is 3. The zero-order valence-corrected chi connectivity index (χ0v) is 15.1. The molecule has 0 fully saturated rings. The summed E-state index contributed by atoms with van der Waals surface area (Å²) in [6.45, 7) is 0. The van der Waals surface area contributed by atoms with Crippen LogP contribution in [0.1, 0.15) is 15.9 Å². The van der Waals surface area contributed by atoms with Gasteiger partial charge >= 0.3 is 12.1 Å². The van der Waals surface area contributed by atoms with Gasteiger partial charge in [0.1, 0.15) is 0 Å². The highest BCUT2D eigenvalue weighted by molar-refractivity contribution is 7.88. The van der Waals surface area contributed by atoms with Crippen molar-refractivity contribution in [2.24, 2.45) is 0 Å². The average molecular weight is 396 g/mol. The molecule has 0 unspecified atom stereocenters. The van der Waals surface area contributed by atoms with Crippen LogP contribution in [0.4, 0.5) is 10.7 Å². The maximum absolute atomic E-state index is 12.6.